The number of aromatic nitrogens is 5. The van der Waals surface area contributed by atoms with E-state index in [2.05, 4.69) is 49.0 Å². The van der Waals surface area contributed by atoms with Crippen LogP contribution >= 0.6 is 0 Å². The number of rotatable bonds is 4. The Kier molecular flexibility index (Phi) is 4.35. The van der Waals surface area contributed by atoms with Crippen molar-refractivity contribution in [2.75, 3.05) is 6.54 Å². The lowest BCUT2D eigenvalue weighted by Crippen LogP contribution is -2.36. The van der Waals surface area contributed by atoms with Gasteiger partial charge in [-0.25, -0.2) is 9.97 Å². The summed E-state index contributed by atoms with van der Waals surface area (Å²) in [6, 6.07) is 12.3. The highest BCUT2D eigenvalue weighted by molar-refractivity contribution is 5.97. The SMILES string of the molecule is Cc1[nH]nc2ncc(C(=O)N3CCc4c(ncn4CCc4ccccc4)C3)cc12. The topological polar surface area (TPSA) is 79.7 Å². The highest BCUT2D eigenvalue weighted by Crippen LogP contribution is 2.22. The van der Waals surface area contributed by atoms with Gasteiger partial charge >= 0.3 is 0 Å². The molecule has 1 amide bonds. The number of hydrogen-bond donors (Lipinski definition) is 1. The molecule has 0 saturated carbocycles. The summed E-state index contributed by atoms with van der Waals surface area (Å²) >= 11 is 0. The maximum absolute atomic E-state index is 13.0. The summed E-state index contributed by atoms with van der Waals surface area (Å²) < 4.78 is 2.23. The number of benzene rings is 1. The zero-order valence-electron chi connectivity index (χ0n) is 16.3. The van der Waals surface area contributed by atoms with E-state index in [1.807, 2.05) is 30.3 Å². The molecular formula is C22H22N6O. The fourth-order valence-corrected chi connectivity index (χ4v) is 3.95. The van der Waals surface area contributed by atoms with Crippen molar-refractivity contribution in [3.05, 3.63) is 77.1 Å². The molecule has 29 heavy (non-hydrogen) atoms. The van der Waals surface area contributed by atoms with E-state index in [0.717, 1.165) is 36.2 Å². The molecule has 7 nitrogen and oxygen atoms in total. The number of fused-ring (bicyclic) bond motifs is 2. The van der Waals surface area contributed by atoms with Gasteiger partial charge in [0.05, 0.1) is 24.1 Å². The summed E-state index contributed by atoms with van der Waals surface area (Å²) in [6.07, 6.45) is 5.31. The summed E-state index contributed by atoms with van der Waals surface area (Å²) in [4.78, 5) is 23.8. The van der Waals surface area contributed by atoms with Gasteiger partial charge in [0.15, 0.2) is 5.65 Å². The monoisotopic (exact) mass is 386 g/mol. The standard InChI is InChI=1S/C22H22N6O/c1-15-18-11-17(12-23-21(18)26-25-15)22(29)27-10-8-20-19(13-27)24-14-28(20)9-7-16-5-3-2-4-6-16/h2-6,11-12,14H,7-10,13H2,1H3,(H,23,25,26). The number of nitrogens with zero attached hydrogens (tertiary/aromatic N) is 5. The van der Waals surface area contributed by atoms with Gasteiger partial charge in [0.2, 0.25) is 0 Å². The van der Waals surface area contributed by atoms with Gasteiger partial charge in [0.1, 0.15) is 0 Å². The molecule has 1 aromatic carbocycles. The summed E-state index contributed by atoms with van der Waals surface area (Å²) in [5, 5.41) is 7.93. The Morgan fingerprint density at radius 1 is 1.21 bits per heavy atom. The number of imidazole rings is 1. The molecule has 3 aromatic heterocycles. The molecule has 0 bridgehead atoms. The Balaban J connectivity index is 1.31. The van der Waals surface area contributed by atoms with Crippen LogP contribution in [0.2, 0.25) is 0 Å². The third kappa shape index (κ3) is 3.29. The number of nitrogens with one attached hydrogen (secondary N) is 1. The van der Waals surface area contributed by atoms with Crippen molar-refractivity contribution >= 4 is 16.9 Å². The van der Waals surface area contributed by atoms with Gasteiger partial charge in [-0.15, -0.1) is 0 Å². The smallest absolute Gasteiger partial charge is 0.255 e. The number of pyridine rings is 1. The van der Waals surface area contributed by atoms with Crippen molar-refractivity contribution in [2.24, 2.45) is 0 Å². The first kappa shape index (κ1) is 17.6. The molecule has 1 N–H and O–H groups in total. The van der Waals surface area contributed by atoms with Gasteiger partial charge in [-0.05, 0) is 25.0 Å². The van der Waals surface area contributed by atoms with Crippen LogP contribution in [-0.2, 0) is 25.9 Å². The first-order valence-corrected chi connectivity index (χ1v) is 9.86. The Morgan fingerprint density at radius 2 is 2.07 bits per heavy atom. The lowest BCUT2D eigenvalue weighted by Gasteiger charge is -2.27. The molecule has 0 saturated heterocycles. The second kappa shape index (κ2) is 7.16. The molecule has 4 aromatic rings. The Labute approximate surface area is 168 Å². The Bertz CT molecular complexity index is 1180. The van der Waals surface area contributed by atoms with Crippen LogP contribution < -0.4 is 0 Å². The van der Waals surface area contributed by atoms with E-state index < -0.39 is 0 Å². The zero-order chi connectivity index (χ0) is 19.8. The van der Waals surface area contributed by atoms with Crippen LogP contribution in [0.3, 0.4) is 0 Å². The highest BCUT2D eigenvalue weighted by atomic mass is 16.2. The van der Waals surface area contributed by atoms with Crippen molar-refractivity contribution in [2.45, 2.75) is 32.9 Å². The number of hydrogen-bond acceptors (Lipinski definition) is 4. The number of amides is 1. The van der Waals surface area contributed by atoms with E-state index in [9.17, 15) is 4.79 Å². The van der Waals surface area contributed by atoms with E-state index in [1.54, 1.807) is 6.20 Å². The normalized spacial score (nSPS) is 13.6. The molecule has 146 valence electrons. The summed E-state index contributed by atoms with van der Waals surface area (Å²) in [5.74, 6) is -0.00974. The van der Waals surface area contributed by atoms with Crippen LogP contribution in [0.25, 0.3) is 11.0 Å². The first-order chi connectivity index (χ1) is 14.2. The summed E-state index contributed by atoms with van der Waals surface area (Å²) in [6.45, 7) is 4.06. The third-order valence-corrected chi connectivity index (χ3v) is 5.61. The van der Waals surface area contributed by atoms with E-state index in [4.69, 9.17) is 0 Å². The van der Waals surface area contributed by atoms with Gasteiger partial charge in [-0.2, -0.15) is 5.10 Å². The molecular weight excluding hydrogens is 364 g/mol. The highest BCUT2D eigenvalue weighted by Gasteiger charge is 2.25. The molecule has 4 heterocycles. The number of carbonyl (C=O) groups excluding carboxylic acids is 1. The molecule has 0 aliphatic carbocycles. The maximum atomic E-state index is 13.0. The molecule has 0 radical (unpaired) electrons. The fourth-order valence-electron chi connectivity index (χ4n) is 3.95. The van der Waals surface area contributed by atoms with Gasteiger partial charge in [-0.1, -0.05) is 30.3 Å². The Hall–Kier alpha value is -3.48. The number of H-pyrrole nitrogens is 1. The van der Waals surface area contributed by atoms with Crippen molar-refractivity contribution in [3.63, 3.8) is 0 Å². The van der Waals surface area contributed by atoms with Crippen molar-refractivity contribution < 1.29 is 4.79 Å². The van der Waals surface area contributed by atoms with E-state index in [1.165, 1.54) is 11.3 Å². The van der Waals surface area contributed by atoms with Gasteiger partial charge < -0.3 is 9.47 Å². The summed E-state index contributed by atoms with van der Waals surface area (Å²) in [7, 11) is 0. The molecule has 1 aliphatic heterocycles. The van der Waals surface area contributed by atoms with E-state index >= 15 is 0 Å². The van der Waals surface area contributed by atoms with Crippen LogP contribution in [0, 0.1) is 6.92 Å². The second-order valence-corrected chi connectivity index (χ2v) is 7.49. The van der Waals surface area contributed by atoms with E-state index in [0.29, 0.717) is 24.3 Å². The average Bonchev–Trinajstić information content (AvgIpc) is 3.35. The quantitative estimate of drug-likeness (QED) is 0.585. The summed E-state index contributed by atoms with van der Waals surface area (Å²) in [5.41, 5.74) is 5.70. The average molecular weight is 386 g/mol. The van der Waals surface area contributed by atoms with Gasteiger partial charge in [0.25, 0.3) is 5.91 Å². The molecule has 0 fully saturated rings. The fraction of sp³-hybridized carbons (Fsp3) is 0.273. The molecule has 7 heteroatoms. The van der Waals surface area contributed by atoms with Crippen molar-refractivity contribution in [3.8, 4) is 0 Å². The van der Waals surface area contributed by atoms with E-state index in [-0.39, 0.29) is 5.91 Å². The number of carbonyl (C=O) groups is 1. The minimum absolute atomic E-state index is 0.00974. The van der Waals surface area contributed by atoms with Crippen molar-refractivity contribution in [1.82, 2.24) is 29.6 Å². The predicted octanol–water partition coefficient (Wildman–Crippen LogP) is 2.90. The number of aryl methyl sites for hydroxylation is 3. The molecule has 1 aliphatic rings. The van der Waals surface area contributed by atoms with Crippen molar-refractivity contribution in [1.29, 1.82) is 0 Å². The maximum Gasteiger partial charge on any atom is 0.255 e. The van der Waals surface area contributed by atoms with Crippen LogP contribution in [-0.4, -0.2) is 42.1 Å². The molecule has 5 rings (SSSR count). The Morgan fingerprint density at radius 3 is 2.93 bits per heavy atom. The van der Waals surface area contributed by atoms with Crippen LogP contribution in [0.5, 0.6) is 0 Å². The van der Waals surface area contributed by atoms with Crippen LogP contribution in [0.15, 0.2) is 48.9 Å². The number of aromatic amines is 1. The van der Waals surface area contributed by atoms with Crippen LogP contribution in [0.1, 0.15) is 33.0 Å². The third-order valence-electron chi connectivity index (χ3n) is 5.61. The minimum Gasteiger partial charge on any atom is -0.334 e. The molecule has 0 unspecified atom stereocenters. The second-order valence-electron chi connectivity index (χ2n) is 7.49. The lowest BCUT2D eigenvalue weighted by molar-refractivity contribution is 0.0730. The lowest BCUT2D eigenvalue weighted by atomic mass is 10.1. The minimum atomic E-state index is -0.00974. The largest absolute Gasteiger partial charge is 0.334 e. The molecule has 0 spiro atoms. The van der Waals surface area contributed by atoms with Crippen LogP contribution in [0.4, 0.5) is 0 Å². The predicted molar refractivity (Wildman–Crippen MR) is 109 cm³/mol. The van der Waals surface area contributed by atoms with Gasteiger partial charge in [0, 0.05) is 42.5 Å². The first-order valence-electron chi connectivity index (χ1n) is 9.86. The zero-order valence-corrected chi connectivity index (χ0v) is 16.3. The molecule has 0 atom stereocenters. The van der Waals surface area contributed by atoms with Gasteiger partial charge in [-0.3, -0.25) is 9.89 Å².